The van der Waals surface area contributed by atoms with E-state index in [2.05, 4.69) is 20.7 Å². The Kier molecular flexibility index (Phi) is 6.83. The lowest BCUT2D eigenvalue weighted by Gasteiger charge is -2.39. The van der Waals surface area contributed by atoms with Gasteiger partial charge in [0, 0.05) is 29.9 Å². The Labute approximate surface area is 211 Å². The summed E-state index contributed by atoms with van der Waals surface area (Å²) in [6.45, 7) is -0.411. The van der Waals surface area contributed by atoms with Gasteiger partial charge in [0.25, 0.3) is 0 Å². The van der Waals surface area contributed by atoms with Crippen molar-refractivity contribution >= 4 is 28.4 Å². The van der Waals surface area contributed by atoms with E-state index in [1.54, 1.807) is 36.7 Å². The van der Waals surface area contributed by atoms with Crippen LogP contribution < -0.4 is 10.6 Å². The topological polar surface area (TPSA) is 145 Å². The molecule has 0 amide bonds. The van der Waals surface area contributed by atoms with Crippen LogP contribution >= 0.6 is 0 Å². The number of fused-ring (bicyclic) bond motifs is 1. The monoisotopic (exact) mass is 506 g/mol. The summed E-state index contributed by atoms with van der Waals surface area (Å²) in [6.07, 6.45) is 5.09. The highest BCUT2D eigenvalue weighted by atomic mass is 19.1. The van der Waals surface area contributed by atoms with E-state index >= 15 is 0 Å². The summed E-state index contributed by atoms with van der Waals surface area (Å²) in [7, 11) is 0. The second kappa shape index (κ2) is 10.2. The molecule has 0 saturated heterocycles. The number of aliphatic hydroxyl groups is 2. The first-order chi connectivity index (χ1) is 17.8. The van der Waals surface area contributed by atoms with Gasteiger partial charge in [0.1, 0.15) is 11.6 Å². The third kappa shape index (κ3) is 5.29. The van der Waals surface area contributed by atoms with Crippen molar-refractivity contribution in [1.29, 1.82) is 0 Å². The van der Waals surface area contributed by atoms with Crippen LogP contribution in [0.4, 0.5) is 15.9 Å². The number of aliphatic carboxylic acids is 1. The molecular weight excluding hydrogens is 479 g/mol. The summed E-state index contributed by atoms with van der Waals surface area (Å²) in [4.78, 5) is 20.5. The molecule has 0 bridgehead atoms. The molecule has 5 N–H and O–H groups in total. The number of benzene rings is 1. The van der Waals surface area contributed by atoms with Crippen molar-refractivity contribution in [3.05, 3.63) is 72.1 Å². The maximum absolute atomic E-state index is 14.9. The highest BCUT2D eigenvalue weighted by molar-refractivity contribution is 5.81. The molecule has 0 unspecified atom stereocenters. The lowest BCUT2D eigenvalue weighted by molar-refractivity contribution is -0.136. The van der Waals surface area contributed by atoms with Crippen molar-refractivity contribution in [2.75, 3.05) is 11.9 Å². The number of carbonyl (C=O) groups is 1. The number of carboxylic acids is 1. The summed E-state index contributed by atoms with van der Waals surface area (Å²) in [5.74, 6) is -1.06. The Morgan fingerprint density at radius 1 is 1.16 bits per heavy atom. The molecule has 1 fully saturated rings. The minimum atomic E-state index is -0.962. The largest absolute Gasteiger partial charge is 0.480 e. The van der Waals surface area contributed by atoms with Gasteiger partial charge in [0.2, 0.25) is 0 Å². The lowest BCUT2D eigenvalue weighted by Crippen LogP contribution is -2.48. The van der Waals surface area contributed by atoms with Gasteiger partial charge in [0.15, 0.2) is 0 Å². The van der Waals surface area contributed by atoms with Gasteiger partial charge in [-0.2, -0.15) is 5.10 Å². The van der Waals surface area contributed by atoms with Gasteiger partial charge in [-0.25, -0.2) is 14.1 Å². The fourth-order valence-electron chi connectivity index (χ4n) is 4.69. The average molecular weight is 507 g/mol. The number of hydrogen-bond donors (Lipinski definition) is 5. The summed E-state index contributed by atoms with van der Waals surface area (Å²) in [5.41, 5.74) is 1.89. The minimum Gasteiger partial charge on any atom is -0.480 e. The van der Waals surface area contributed by atoms with Gasteiger partial charge in [-0.1, -0.05) is 0 Å². The predicted octanol–water partition coefficient (Wildman–Crippen LogP) is 2.99. The van der Waals surface area contributed by atoms with Crippen molar-refractivity contribution < 1.29 is 24.5 Å². The minimum absolute atomic E-state index is 0.197. The van der Waals surface area contributed by atoms with Crippen LogP contribution in [0.2, 0.25) is 0 Å². The summed E-state index contributed by atoms with van der Waals surface area (Å²) >= 11 is 0. The van der Waals surface area contributed by atoms with E-state index in [9.17, 15) is 24.5 Å². The number of pyridine rings is 2. The first kappa shape index (κ1) is 24.8. The van der Waals surface area contributed by atoms with E-state index in [0.717, 1.165) is 5.39 Å². The van der Waals surface area contributed by atoms with Gasteiger partial charge in [-0.05, 0) is 56.0 Å². The molecule has 1 saturated carbocycles. The van der Waals surface area contributed by atoms with Crippen molar-refractivity contribution in [1.82, 2.24) is 25.1 Å². The van der Waals surface area contributed by atoms with Crippen molar-refractivity contribution in [2.24, 2.45) is 0 Å². The Balaban J connectivity index is 1.41. The molecule has 3 heterocycles. The van der Waals surface area contributed by atoms with E-state index in [1.165, 1.54) is 10.7 Å². The number of aromatic nitrogens is 4. The average Bonchev–Trinajstić information content (AvgIpc) is 3.39. The molecular formula is C26H27FN6O4. The lowest BCUT2D eigenvalue weighted by atomic mass is 9.77. The van der Waals surface area contributed by atoms with Crippen molar-refractivity contribution in [3.8, 4) is 5.69 Å². The third-order valence-corrected chi connectivity index (χ3v) is 6.74. The summed E-state index contributed by atoms with van der Waals surface area (Å²) < 4.78 is 16.4. The highest BCUT2D eigenvalue weighted by Crippen LogP contribution is 2.37. The second-order valence-corrected chi connectivity index (χ2v) is 9.22. The predicted molar refractivity (Wildman–Crippen MR) is 134 cm³/mol. The van der Waals surface area contributed by atoms with Crippen LogP contribution in [0.15, 0.2) is 54.9 Å². The molecule has 0 atom stereocenters. The third-order valence-electron chi connectivity index (χ3n) is 6.74. The van der Waals surface area contributed by atoms with Crippen LogP contribution in [0.5, 0.6) is 0 Å². The molecule has 0 spiro atoms. The number of nitrogens with one attached hydrogen (secondary N) is 2. The van der Waals surface area contributed by atoms with E-state index in [-0.39, 0.29) is 18.8 Å². The Hall–Kier alpha value is -3.93. The van der Waals surface area contributed by atoms with Gasteiger partial charge in [-0.3, -0.25) is 15.1 Å². The van der Waals surface area contributed by atoms with Crippen molar-refractivity contribution in [2.45, 2.75) is 43.9 Å². The van der Waals surface area contributed by atoms with Crippen LogP contribution in [-0.4, -0.2) is 53.7 Å². The molecule has 3 aromatic heterocycles. The number of rotatable bonds is 8. The number of hydrogen-bond acceptors (Lipinski definition) is 8. The highest BCUT2D eigenvalue weighted by Gasteiger charge is 2.37. The van der Waals surface area contributed by atoms with Crippen LogP contribution in [0.3, 0.4) is 0 Å². The van der Waals surface area contributed by atoms with Crippen LogP contribution in [0.1, 0.15) is 37.1 Å². The Morgan fingerprint density at radius 3 is 2.68 bits per heavy atom. The molecule has 10 nitrogen and oxygen atoms in total. The smallest absolute Gasteiger partial charge is 0.317 e. The molecule has 192 valence electrons. The number of carboxylic acid groups (broad SMARTS) is 1. The van der Waals surface area contributed by atoms with E-state index in [0.29, 0.717) is 54.1 Å². The molecule has 1 aliphatic carbocycles. The molecule has 5 rings (SSSR count). The van der Waals surface area contributed by atoms with Gasteiger partial charge >= 0.3 is 5.97 Å². The van der Waals surface area contributed by atoms with Gasteiger partial charge in [-0.15, -0.1) is 0 Å². The fourth-order valence-corrected chi connectivity index (χ4v) is 4.69. The zero-order chi connectivity index (χ0) is 26.0. The normalized spacial score (nSPS) is 19.7. The Morgan fingerprint density at radius 2 is 1.97 bits per heavy atom. The van der Waals surface area contributed by atoms with Crippen LogP contribution in [0.25, 0.3) is 16.6 Å². The molecule has 1 aliphatic rings. The maximum atomic E-state index is 14.9. The van der Waals surface area contributed by atoms with Crippen molar-refractivity contribution in [3.63, 3.8) is 0 Å². The van der Waals surface area contributed by atoms with E-state index in [4.69, 9.17) is 4.98 Å². The SMILES string of the molecule is O=C(O)CNC1(c2ccc3cnc(Nc4ccc(-n5ccc(CO)n5)cc4F)cc3n2)CCC(O)CC1. The zero-order valence-electron chi connectivity index (χ0n) is 19.9. The molecule has 1 aromatic carbocycles. The Bertz CT molecular complexity index is 1430. The number of halogens is 1. The molecule has 0 radical (unpaired) electrons. The number of anilines is 2. The number of aliphatic hydroxyl groups excluding tert-OH is 2. The standard InChI is InChI=1S/C26H27FN6O4/c27-20-11-18(33-10-7-17(15-34)32-33)2-3-21(20)31-24-12-22-16(13-28-24)1-4-23(30-22)26(29-14-25(36)37)8-5-19(35)6-9-26/h1-4,7,10-13,19,29,34-35H,5-6,8-9,14-15H2,(H,28,31)(H,36,37). The maximum Gasteiger partial charge on any atom is 0.317 e. The van der Waals surface area contributed by atoms with E-state index < -0.39 is 23.4 Å². The number of nitrogens with zero attached hydrogens (tertiary/aromatic N) is 4. The molecule has 4 aromatic rings. The summed E-state index contributed by atoms with van der Waals surface area (Å²) in [6, 6.07) is 11.7. The van der Waals surface area contributed by atoms with Gasteiger partial charge in [0.05, 0.1) is 53.1 Å². The first-order valence-electron chi connectivity index (χ1n) is 12.0. The first-order valence-corrected chi connectivity index (χ1v) is 12.0. The zero-order valence-corrected chi connectivity index (χ0v) is 19.9. The van der Waals surface area contributed by atoms with Crippen LogP contribution in [-0.2, 0) is 16.9 Å². The van der Waals surface area contributed by atoms with Crippen LogP contribution in [0, 0.1) is 5.82 Å². The fraction of sp³-hybridized carbons (Fsp3) is 0.308. The molecule has 37 heavy (non-hydrogen) atoms. The van der Waals surface area contributed by atoms with Gasteiger partial charge < -0.3 is 20.6 Å². The summed E-state index contributed by atoms with van der Waals surface area (Å²) in [5, 5.41) is 39.5. The molecule has 11 heteroatoms. The quantitative estimate of drug-likeness (QED) is 0.243. The van der Waals surface area contributed by atoms with E-state index in [1.807, 2.05) is 12.1 Å². The molecule has 0 aliphatic heterocycles. The second-order valence-electron chi connectivity index (χ2n) is 9.22.